The Kier molecular flexibility index (Phi) is 10.2. The van der Waals surface area contributed by atoms with E-state index < -0.39 is 22.4 Å². The molecule has 0 amide bonds. The molecule has 0 bridgehead atoms. The first-order valence-electron chi connectivity index (χ1n) is 19.4. The Hall–Kier alpha value is 0.0938. The minimum absolute atomic E-state index is 0.106. The van der Waals surface area contributed by atoms with Crippen LogP contribution in [0.4, 0.5) is 0 Å². The minimum Gasteiger partial charge on any atom is -0.390 e. The molecule has 7 atom stereocenters. The van der Waals surface area contributed by atoms with E-state index in [0.29, 0.717) is 11.3 Å². The molecule has 4 aliphatic rings. The van der Waals surface area contributed by atoms with Crippen LogP contribution >= 0.6 is 0 Å². The van der Waals surface area contributed by atoms with Gasteiger partial charge in [-0.1, -0.05) is 121 Å². The molecule has 262 valence electrons. The van der Waals surface area contributed by atoms with Crippen molar-refractivity contribution in [2.45, 2.75) is 196 Å². The van der Waals surface area contributed by atoms with Crippen LogP contribution in [0.15, 0.2) is 11.6 Å². The number of hydrogen-bond acceptors (Lipinski definition) is 2. The Labute approximate surface area is 284 Å². The van der Waals surface area contributed by atoms with Crippen molar-refractivity contribution >= 4 is 16.6 Å². The second-order valence-electron chi connectivity index (χ2n) is 21.3. The first kappa shape index (κ1) is 37.9. The lowest BCUT2D eigenvalue weighted by atomic mass is 9.43. The third-order valence-electron chi connectivity index (χ3n) is 15.6. The molecule has 0 heterocycles. The van der Waals surface area contributed by atoms with Crippen molar-refractivity contribution in [1.29, 1.82) is 0 Å². The molecule has 4 rings (SSSR count). The Bertz CT molecular complexity index is 1060. The van der Waals surface area contributed by atoms with Crippen molar-refractivity contribution in [1.82, 2.24) is 0 Å². The number of hydrogen-bond donors (Lipinski definition) is 0. The van der Waals surface area contributed by atoms with E-state index in [-0.39, 0.29) is 20.9 Å². The van der Waals surface area contributed by atoms with Gasteiger partial charge in [-0.2, -0.15) is 0 Å². The highest BCUT2D eigenvalue weighted by Gasteiger charge is 2.70. The molecule has 0 N–H and O–H groups in total. The van der Waals surface area contributed by atoms with Crippen molar-refractivity contribution in [2.24, 2.45) is 51.8 Å². The smallest absolute Gasteiger partial charge is 0.195 e. The summed E-state index contributed by atoms with van der Waals surface area (Å²) in [5, 5.41) is 0.265. The minimum atomic E-state index is -2.17. The van der Waals surface area contributed by atoms with Crippen LogP contribution in [0.2, 0.25) is 36.3 Å². The van der Waals surface area contributed by atoms with Crippen LogP contribution in [-0.2, 0) is 8.85 Å². The average molecular weight is 659 g/mol. The molecule has 0 aromatic rings. The molecule has 3 saturated carbocycles. The molecule has 2 nitrogen and oxygen atoms in total. The summed E-state index contributed by atoms with van der Waals surface area (Å²) >= 11 is 0. The number of fused-ring (bicyclic) bond motifs is 5. The molecule has 0 aromatic heterocycles. The maximum absolute atomic E-state index is 7.95. The maximum Gasteiger partial charge on any atom is 0.195 e. The van der Waals surface area contributed by atoms with Crippen molar-refractivity contribution in [2.75, 3.05) is 0 Å². The van der Waals surface area contributed by atoms with Crippen LogP contribution < -0.4 is 0 Å². The molecule has 0 aromatic carbocycles. The zero-order valence-electron chi connectivity index (χ0n) is 33.4. The average Bonchev–Trinajstić information content (AvgIpc) is 3.22. The van der Waals surface area contributed by atoms with E-state index in [0.717, 1.165) is 42.4 Å². The van der Waals surface area contributed by atoms with Crippen molar-refractivity contribution < 1.29 is 8.85 Å². The van der Waals surface area contributed by atoms with Crippen molar-refractivity contribution in [3.63, 3.8) is 0 Å². The molecular weight excluding hydrogens is 581 g/mol. The largest absolute Gasteiger partial charge is 0.390 e. The molecule has 45 heavy (non-hydrogen) atoms. The lowest BCUT2D eigenvalue weighted by molar-refractivity contribution is -0.258. The Morgan fingerprint density at radius 2 is 1.31 bits per heavy atom. The zero-order chi connectivity index (χ0) is 34.2. The molecule has 0 unspecified atom stereocenters. The van der Waals surface area contributed by atoms with Gasteiger partial charge in [0.2, 0.25) is 0 Å². The van der Waals surface area contributed by atoms with Crippen molar-refractivity contribution in [3.05, 3.63) is 11.6 Å². The van der Waals surface area contributed by atoms with Gasteiger partial charge in [-0.3, -0.25) is 0 Å². The first-order chi connectivity index (χ1) is 20.3. The maximum atomic E-state index is 7.95. The van der Waals surface area contributed by atoms with E-state index in [1.165, 1.54) is 51.4 Å². The summed E-state index contributed by atoms with van der Waals surface area (Å²) in [7, 11) is -4.34. The third kappa shape index (κ3) is 6.45. The van der Waals surface area contributed by atoms with Crippen LogP contribution in [0.3, 0.4) is 0 Å². The molecule has 0 radical (unpaired) electrons. The predicted molar refractivity (Wildman–Crippen MR) is 202 cm³/mol. The normalized spacial score (nSPS) is 35.8. The molecular formula is C41H78O2Si2. The third-order valence-corrected chi connectivity index (χ3v) is 24.5. The summed E-state index contributed by atoms with van der Waals surface area (Å²) in [6.07, 6.45) is 16.0. The van der Waals surface area contributed by atoms with Crippen LogP contribution in [-0.4, -0.2) is 22.4 Å². The number of rotatable bonds is 9. The molecule has 4 heteroatoms. The molecule has 3 fully saturated rings. The quantitative estimate of drug-likeness (QED) is 0.139. The van der Waals surface area contributed by atoms with Crippen molar-refractivity contribution in [3.8, 4) is 0 Å². The number of allylic oxidation sites excluding steroid dienone is 1. The van der Waals surface area contributed by atoms with Gasteiger partial charge in [-0.15, -0.1) is 0 Å². The molecule has 4 aliphatic carbocycles. The molecule has 0 saturated heterocycles. The first-order valence-corrected chi connectivity index (χ1v) is 25.2. The summed E-state index contributed by atoms with van der Waals surface area (Å²) in [5.74, 6) is 4.19. The lowest BCUT2D eigenvalue weighted by Gasteiger charge is -2.68. The van der Waals surface area contributed by atoms with Gasteiger partial charge in [0.15, 0.2) is 22.4 Å². The predicted octanol–water partition coefficient (Wildman–Crippen LogP) is 13.4. The van der Waals surface area contributed by atoms with Gasteiger partial charge in [-0.25, -0.2) is 0 Å². The molecule has 0 aliphatic heterocycles. The van der Waals surface area contributed by atoms with Gasteiger partial charge >= 0.3 is 0 Å². The van der Waals surface area contributed by atoms with Crippen LogP contribution in [0.5, 0.6) is 0 Å². The summed E-state index contributed by atoms with van der Waals surface area (Å²) in [5.41, 5.74) is 2.24. The summed E-state index contributed by atoms with van der Waals surface area (Å²) in [6.45, 7) is 42.3. The standard InChI is InChI=1S/C41H78O2Si2/c1-29(2)19-18-20-30(3)32-22-23-33-31-21-24-35-38(10,11)27-28-41(42-44(14,15)36(4,5)6,43-45(16,17)37(7,8)9)40(35,13)34(31)25-26-39(32,33)12/h24,29-34H,18-23,25-28H2,1-17H3/t30-,31+,32-,33+,34+,39-,40-/m1/s1. The van der Waals surface area contributed by atoms with Gasteiger partial charge in [-0.05, 0) is 121 Å². The fourth-order valence-electron chi connectivity index (χ4n) is 10.8. The SMILES string of the molecule is CC(C)CCC[C@@H](C)[C@H]1CC[C@H]2[C@@H]3CC=C4C(C)(C)CCC(O[Si](C)(C)C(C)(C)C)(O[Si](C)(C)C(C)(C)C)[C@]4(C)[C@H]3CC[C@]12C. The zero-order valence-corrected chi connectivity index (χ0v) is 35.4. The van der Waals surface area contributed by atoms with Crippen LogP contribution in [0.25, 0.3) is 0 Å². The lowest BCUT2D eigenvalue weighted by Crippen LogP contribution is -2.70. The van der Waals surface area contributed by atoms with E-state index in [2.05, 4.69) is 122 Å². The highest BCUT2D eigenvalue weighted by atomic mass is 28.4. The second-order valence-corrected chi connectivity index (χ2v) is 30.8. The second kappa shape index (κ2) is 12.2. The Morgan fingerprint density at radius 1 is 0.756 bits per heavy atom. The van der Waals surface area contributed by atoms with E-state index in [4.69, 9.17) is 8.85 Å². The van der Waals surface area contributed by atoms with E-state index in [1.807, 2.05) is 0 Å². The van der Waals surface area contributed by atoms with Gasteiger partial charge in [0.25, 0.3) is 0 Å². The fraction of sp³-hybridized carbons (Fsp3) is 0.951. The fourth-order valence-corrected chi connectivity index (χ4v) is 13.9. The summed E-state index contributed by atoms with van der Waals surface area (Å²) < 4.78 is 15.9. The topological polar surface area (TPSA) is 18.5 Å². The van der Waals surface area contributed by atoms with E-state index in [9.17, 15) is 0 Å². The molecule has 0 spiro atoms. The van der Waals surface area contributed by atoms with Crippen LogP contribution in [0, 0.1) is 51.8 Å². The Balaban J connectivity index is 1.81. The Morgan fingerprint density at radius 3 is 1.82 bits per heavy atom. The van der Waals surface area contributed by atoms with Gasteiger partial charge in [0, 0.05) is 11.8 Å². The summed E-state index contributed by atoms with van der Waals surface area (Å²) in [6, 6.07) is 0. The van der Waals surface area contributed by atoms with Gasteiger partial charge in [0.1, 0.15) is 0 Å². The van der Waals surface area contributed by atoms with E-state index >= 15 is 0 Å². The summed E-state index contributed by atoms with van der Waals surface area (Å²) in [4.78, 5) is 0. The van der Waals surface area contributed by atoms with Gasteiger partial charge in [0.05, 0.1) is 0 Å². The van der Waals surface area contributed by atoms with Crippen LogP contribution in [0.1, 0.15) is 154 Å². The highest BCUT2D eigenvalue weighted by molar-refractivity contribution is 6.75. The monoisotopic (exact) mass is 659 g/mol. The van der Waals surface area contributed by atoms with E-state index in [1.54, 1.807) is 5.57 Å². The van der Waals surface area contributed by atoms with Gasteiger partial charge < -0.3 is 8.85 Å². The highest BCUT2D eigenvalue weighted by Crippen LogP contribution is 2.72.